The summed E-state index contributed by atoms with van der Waals surface area (Å²) in [5.41, 5.74) is 0.511. The summed E-state index contributed by atoms with van der Waals surface area (Å²) in [6.07, 6.45) is 9.34. The molecule has 1 N–H and O–H groups in total. The lowest BCUT2D eigenvalue weighted by molar-refractivity contribution is 0.00576. The smallest absolute Gasteiger partial charge is 0.0623 e. The van der Waals surface area contributed by atoms with Crippen LogP contribution in [-0.4, -0.2) is 25.8 Å². The summed E-state index contributed by atoms with van der Waals surface area (Å²) < 4.78 is 5.53. The predicted octanol–water partition coefficient (Wildman–Crippen LogP) is 3.75. The number of methoxy groups -OCH3 is 1. The Morgan fingerprint density at radius 2 is 1.82 bits per heavy atom. The van der Waals surface area contributed by atoms with Crippen molar-refractivity contribution < 1.29 is 4.74 Å². The van der Waals surface area contributed by atoms with Crippen LogP contribution in [0.15, 0.2) is 0 Å². The summed E-state index contributed by atoms with van der Waals surface area (Å²) in [5, 5.41) is 3.55. The zero-order valence-corrected chi connectivity index (χ0v) is 12.4. The molecule has 0 aliphatic heterocycles. The van der Waals surface area contributed by atoms with Gasteiger partial charge in [-0.2, -0.15) is 0 Å². The average molecular weight is 241 g/mol. The zero-order chi connectivity index (χ0) is 12.9. The topological polar surface area (TPSA) is 21.3 Å². The van der Waals surface area contributed by atoms with Crippen LogP contribution in [0.4, 0.5) is 0 Å². The van der Waals surface area contributed by atoms with E-state index in [1.807, 2.05) is 7.11 Å². The Labute approximate surface area is 108 Å². The fraction of sp³-hybridized carbons (Fsp3) is 1.00. The number of hydrogen-bond donors (Lipinski definition) is 1. The lowest BCUT2D eigenvalue weighted by Gasteiger charge is -2.42. The van der Waals surface area contributed by atoms with Crippen molar-refractivity contribution in [3.8, 4) is 0 Å². The molecule has 102 valence electrons. The van der Waals surface area contributed by atoms with Gasteiger partial charge in [0.05, 0.1) is 5.60 Å². The summed E-state index contributed by atoms with van der Waals surface area (Å²) >= 11 is 0. The first-order chi connectivity index (χ1) is 7.93. The van der Waals surface area contributed by atoms with Crippen LogP contribution >= 0.6 is 0 Å². The maximum atomic E-state index is 5.53. The first-order valence-electron chi connectivity index (χ1n) is 7.16. The SMILES string of the molecule is CNC(CCC(C)(C)OC)C1(C)CCCCC1. The first-order valence-corrected chi connectivity index (χ1v) is 7.16. The van der Waals surface area contributed by atoms with Gasteiger partial charge < -0.3 is 10.1 Å². The van der Waals surface area contributed by atoms with E-state index in [2.05, 4.69) is 33.1 Å². The molecule has 1 fully saturated rings. The summed E-state index contributed by atoms with van der Waals surface area (Å²) in [6.45, 7) is 6.83. The second-order valence-electron chi connectivity index (χ2n) is 6.56. The molecule has 1 aliphatic rings. The fourth-order valence-corrected chi connectivity index (χ4v) is 3.14. The molecule has 0 aromatic rings. The van der Waals surface area contributed by atoms with Crippen molar-refractivity contribution in [1.82, 2.24) is 5.32 Å². The van der Waals surface area contributed by atoms with Crippen molar-refractivity contribution in [1.29, 1.82) is 0 Å². The van der Waals surface area contributed by atoms with Crippen molar-refractivity contribution in [3.63, 3.8) is 0 Å². The van der Waals surface area contributed by atoms with Crippen molar-refractivity contribution >= 4 is 0 Å². The molecule has 1 unspecified atom stereocenters. The quantitative estimate of drug-likeness (QED) is 0.764. The van der Waals surface area contributed by atoms with Gasteiger partial charge in [0.15, 0.2) is 0 Å². The van der Waals surface area contributed by atoms with E-state index in [4.69, 9.17) is 4.74 Å². The van der Waals surface area contributed by atoms with Crippen LogP contribution in [0.25, 0.3) is 0 Å². The second kappa shape index (κ2) is 6.19. The monoisotopic (exact) mass is 241 g/mol. The van der Waals surface area contributed by atoms with Crippen LogP contribution in [0.3, 0.4) is 0 Å². The standard InChI is InChI=1S/C15H31NO/c1-14(2,17-5)12-9-13(16-4)15(3)10-7-6-8-11-15/h13,16H,6-12H2,1-5H3. The third-order valence-corrected chi connectivity index (χ3v) is 4.77. The Kier molecular flexibility index (Phi) is 5.46. The van der Waals surface area contributed by atoms with Gasteiger partial charge in [0.1, 0.15) is 0 Å². The molecule has 1 atom stereocenters. The molecule has 2 heteroatoms. The molecule has 1 rings (SSSR count). The highest BCUT2D eigenvalue weighted by atomic mass is 16.5. The van der Waals surface area contributed by atoms with Crippen LogP contribution < -0.4 is 5.32 Å². The number of ether oxygens (including phenoxy) is 1. The van der Waals surface area contributed by atoms with E-state index in [-0.39, 0.29) is 5.60 Å². The van der Waals surface area contributed by atoms with Gasteiger partial charge in [0, 0.05) is 13.2 Å². The van der Waals surface area contributed by atoms with E-state index >= 15 is 0 Å². The van der Waals surface area contributed by atoms with Gasteiger partial charge in [0.25, 0.3) is 0 Å². The Morgan fingerprint density at radius 1 is 1.24 bits per heavy atom. The van der Waals surface area contributed by atoms with E-state index in [1.54, 1.807) is 0 Å². The van der Waals surface area contributed by atoms with Crippen molar-refractivity contribution in [2.45, 2.75) is 77.4 Å². The van der Waals surface area contributed by atoms with E-state index in [1.165, 1.54) is 38.5 Å². The van der Waals surface area contributed by atoms with E-state index in [0.717, 1.165) is 6.42 Å². The van der Waals surface area contributed by atoms with E-state index in [9.17, 15) is 0 Å². The Bertz CT molecular complexity index is 219. The van der Waals surface area contributed by atoms with Crippen LogP contribution in [0.5, 0.6) is 0 Å². The zero-order valence-electron chi connectivity index (χ0n) is 12.4. The molecule has 0 bridgehead atoms. The van der Waals surface area contributed by atoms with Gasteiger partial charge >= 0.3 is 0 Å². The fourth-order valence-electron chi connectivity index (χ4n) is 3.14. The van der Waals surface area contributed by atoms with Gasteiger partial charge in [-0.05, 0) is 52.0 Å². The van der Waals surface area contributed by atoms with Crippen LogP contribution in [0, 0.1) is 5.41 Å². The summed E-state index contributed by atoms with van der Waals surface area (Å²) in [5.74, 6) is 0. The van der Waals surface area contributed by atoms with Gasteiger partial charge in [-0.25, -0.2) is 0 Å². The highest BCUT2D eigenvalue weighted by Gasteiger charge is 2.35. The van der Waals surface area contributed by atoms with Gasteiger partial charge in [0.2, 0.25) is 0 Å². The summed E-state index contributed by atoms with van der Waals surface area (Å²) in [4.78, 5) is 0. The molecule has 0 saturated heterocycles. The maximum absolute atomic E-state index is 5.53. The average Bonchev–Trinajstić information content (AvgIpc) is 2.30. The normalized spacial score (nSPS) is 22.4. The van der Waals surface area contributed by atoms with Crippen LogP contribution in [0.1, 0.15) is 65.7 Å². The molecule has 0 aromatic carbocycles. The largest absolute Gasteiger partial charge is 0.379 e. The molecule has 0 radical (unpaired) electrons. The maximum Gasteiger partial charge on any atom is 0.0623 e. The van der Waals surface area contributed by atoms with Gasteiger partial charge in [-0.15, -0.1) is 0 Å². The molecule has 0 aromatic heterocycles. The van der Waals surface area contributed by atoms with Crippen LogP contribution in [0.2, 0.25) is 0 Å². The first kappa shape index (κ1) is 15.0. The Morgan fingerprint density at radius 3 is 2.29 bits per heavy atom. The lowest BCUT2D eigenvalue weighted by Crippen LogP contribution is -2.44. The minimum Gasteiger partial charge on any atom is -0.379 e. The Balaban J connectivity index is 2.52. The van der Waals surface area contributed by atoms with E-state index in [0.29, 0.717) is 11.5 Å². The molecule has 0 amide bonds. The highest BCUT2D eigenvalue weighted by molar-refractivity contribution is 4.90. The van der Waals surface area contributed by atoms with Crippen LogP contribution in [-0.2, 0) is 4.74 Å². The number of rotatable bonds is 6. The molecule has 0 spiro atoms. The van der Waals surface area contributed by atoms with Gasteiger partial charge in [-0.1, -0.05) is 26.2 Å². The summed E-state index contributed by atoms with van der Waals surface area (Å²) in [7, 11) is 3.93. The molecule has 1 saturated carbocycles. The molecular weight excluding hydrogens is 210 g/mol. The molecule has 2 nitrogen and oxygen atoms in total. The Hall–Kier alpha value is -0.0800. The third-order valence-electron chi connectivity index (χ3n) is 4.77. The molecule has 0 heterocycles. The van der Waals surface area contributed by atoms with Crippen molar-refractivity contribution in [2.75, 3.05) is 14.2 Å². The lowest BCUT2D eigenvalue weighted by atomic mass is 9.69. The summed E-state index contributed by atoms with van der Waals surface area (Å²) in [6, 6.07) is 0.636. The number of nitrogens with one attached hydrogen (secondary N) is 1. The number of hydrogen-bond acceptors (Lipinski definition) is 2. The van der Waals surface area contributed by atoms with Gasteiger partial charge in [-0.3, -0.25) is 0 Å². The molecule has 17 heavy (non-hydrogen) atoms. The predicted molar refractivity (Wildman–Crippen MR) is 74.4 cm³/mol. The van der Waals surface area contributed by atoms with E-state index < -0.39 is 0 Å². The molecule has 1 aliphatic carbocycles. The minimum atomic E-state index is 0.0140. The van der Waals surface area contributed by atoms with Crippen molar-refractivity contribution in [2.24, 2.45) is 5.41 Å². The third kappa shape index (κ3) is 4.26. The minimum absolute atomic E-state index is 0.0140. The highest BCUT2D eigenvalue weighted by Crippen LogP contribution is 2.40. The molecular formula is C15H31NO. The van der Waals surface area contributed by atoms with Crippen molar-refractivity contribution in [3.05, 3.63) is 0 Å². The second-order valence-corrected chi connectivity index (χ2v) is 6.56.